The Kier molecular flexibility index (Phi) is 32.6. The third kappa shape index (κ3) is 28.2. The number of unbranched alkanes of at least 4 members (excludes halogenated alkanes) is 24. The van der Waals surface area contributed by atoms with E-state index in [9.17, 15) is 29.1 Å². The normalized spacial score (nSPS) is 11.7. The fourth-order valence-corrected chi connectivity index (χ4v) is 6.31. The summed E-state index contributed by atoms with van der Waals surface area (Å²) < 4.78 is 0. The Morgan fingerprint density at radius 1 is 0.429 bits per heavy atom. The van der Waals surface area contributed by atoms with E-state index in [-0.39, 0.29) is 38.0 Å². The van der Waals surface area contributed by atoms with Crippen molar-refractivity contribution in [3.8, 4) is 0 Å². The van der Waals surface area contributed by atoms with Crippen molar-refractivity contribution in [3.63, 3.8) is 0 Å². The molecule has 8 heteroatoms. The van der Waals surface area contributed by atoms with Crippen molar-refractivity contribution >= 4 is 29.6 Å². The molecule has 0 radical (unpaired) electrons. The lowest BCUT2D eigenvalue weighted by molar-refractivity contribution is -0.154. The van der Waals surface area contributed by atoms with Gasteiger partial charge in [0.1, 0.15) is 6.04 Å². The van der Waals surface area contributed by atoms with Crippen LogP contribution in [-0.4, -0.2) is 45.6 Å². The summed E-state index contributed by atoms with van der Waals surface area (Å²) in [6.45, 7) is 6.61. The molecule has 0 aliphatic carbocycles. The second kappa shape index (κ2) is 34.2. The third-order valence-electron chi connectivity index (χ3n) is 9.52. The number of nitrogens with zero attached hydrogens (tertiary/aromatic N) is 1. The van der Waals surface area contributed by atoms with Crippen LogP contribution in [-0.2, 0) is 24.0 Å². The Hall–Kier alpha value is -2.25. The number of carbonyl (C=O) groups excluding carboxylic acids is 4. The molecule has 0 saturated heterocycles. The van der Waals surface area contributed by atoms with Gasteiger partial charge in [-0.1, -0.05) is 175 Å². The van der Waals surface area contributed by atoms with E-state index in [0.717, 1.165) is 62.7 Å². The predicted molar refractivity (Wildman–Crippen MR) is 201 cm³/mol. The molecule has 2 N–H and O–H groups in total. The van der Waals surface area contributed by atoms with Gasteiger partial charge in [-0.15, -0.1) is 0 Å². The van der Waals surface area contributed by atoms with E-state index < -0.39 is 29.7 Å². The van der Waals surface area contributed by atoms with Crippen molar-refractivity contribution in [2.24, 2.45) is 0 Å². The average molecular weight is 693 g/mol. The first kappa shape index (κ1) is 46.8. The van der Waals surface area contributed by atoms with Gasteiger partial charge in [-0.2, -0.15) is 0 Å². The minimum absolute atomic E-state index is 0.128. The van der Waals surface area contributed by atoms with E-state index in [0.29, 0.717) is 19.3 Å². The molecule has 4 amide bonds. The zero-order valence-electron chi connectivity index (χ0n) is 32.1. The van der Waals surface area contributed by atoms with Crippen LogP contribution >= 0.6 is 0 Å². The van der Waals surface area contributed by atoms with Gasteiger partial charge < -0.3 is 10.4 Å². The number of carboxylic acids is 1. The SMILES string of the molecule is CCCCCCCCCCCC(=O)N[C@@H](CCC(=O)N(C(=O)CCCCCCCCCCC)C(=O)CCCCCCCCCCC)C(=O)O. The molecule has 8 nitrogen and oxygen atoms in total. The van der Waals surface area contributed by atoms with Crippen LogP contribution in [0.4, 0.5) is 0 Å². The van der Waals surface area contributed by atoms with Crippen LogP contribution in [0.3, 0.4) is 0 Å². The largest absolute Gasteiger partial charge is 0.480 e. The van der Waals surface area contributed by atoms with Gasteiger partial charge in [-0.3, -0.25) is 19.2 Å². The fourth-order valence-electron chi connectivity index (χ4n) is 6.31. The van der Waals surface area contributed by atoms with Crippen LogP contribution in [0.1, 0.15) is 226 Å². The summed E-state index contributed by atoms with van der Waals surface area (Å²) in [6, 6.07) is -1.24. The van der Waals surface area contributed by atoms with E-state index in [1.54, 1.807) is 0 Å². The molecule has 0 rings (SSSR count). The summed E-state index contributed by atoms with van der Waals surface area (Å²) in [4.78, 5) is 64.9. The number of carboxylic acid groups (broad SMARTS) is 1. The molecule has 0 aromatic carbocycles. The highest BCUT2D eigenvalue weighted by molar-refractivity contribution is 6.10. The summed E-state index contributed by atoms with van der Waals surface area (Å²) in [6.07, 6.45) is 29.8. The molecule has 0 bridgehead atoms. The maximum absolute atomic E-state index is 13.3. The highest BCUT2D eigenvalue weighted by Gasteiger charge is 2.29. The zero-order chi connectivity index (χ0) is 36.4. The molecule has 0 aliphatic rings. The highest BCUT2D eigenvalue weighted by Crippen LogP contribution is 2.16. The number of aliphatic carboxylic acids is 1. The number of amides is 4. The molecule has 0 unspecified atom stereocenters. The number of imide groups is 3. The van der Waals surface area contributed by atoms with E-state index in [1.165, 1.54) is 96.3 Å². The molecule has 0 saturated carbocycles. The lowest BCUT2D eigenvalue weighted by Gasteiger charge is -2.21. The quantitative estimate of drug-likeness (QED) is 0.0638. The number of nitrogens with one attached hydrogen (secondary N) is 1. The van der Waals surface area contributed by atoms with Gasteiger partial charge in [-0.05, 0) is 25.7 Å². The maximum atomic E-state index is 13.3. The second-order valence-corrected chi connectivity index (χ2v) is 14.2. The van der Waals surface area contributed by atoms with Crippen molar-refractivity contribution in [1.29, 1.82) is 0 Å². The molecule has 49 heavy (non-hydrogen) atoms. The van der Waals surface area contributed by atoms with Crippen LogP contribution in [0.5, 0.6) is 0 Å². The molecule has 1 atom stereocenters. The number of hydrogen-bond donors (Lipinski definition) is 2. The average Bonchev–Trinajstić information content (AvgIpc) is 3.07. The Bertz CT molecular complexity index is 827. The first-order valence-electron chi connectivity index (χ1n) is 20.7. The molecule has 0 heterocycles. The Labute approximate surface area is 300 Å². The first-order chi connectivity index (χ1) is 23.8. The van der Waals surface area contributed by atoms with Gasteiger partial charge in [0.2, 0.25) is 23.6 Å². The summed E-state index contributed by atoms with van der Waals surface area (Å²) in [5, 5.41) is 12.3. The number of carbonyl (C=O) groups is 5. The lowest BCUT2D eigenvalue weighted by atomic mass is 10.0. The number of hydrogen-bond acceptors (Lipinski definition) is 5. The van der Waals surface area contributed by atoms with Crippen molar-refractivity contribution in [2.75, 3.05) is 0 Å². The first-order valence-corrected chi connectivity index (χ1v) is 20.7. The van der Waals surface area contributed by atoms with Crippen LogP contribution in [0, 0.1) is 0 Å². The molecule has 0 aliphatic heterocycles. The highest BCUT2D eigenvalue weighted by atomic mass is 16.4. The minimum atomic E-state index is -1.24. The van der Waals surface area contributed by atoms with Crippen molar-refractivity contribution < 1.29 is 29.1 Å². The monoisotopic (exact) mass is 693 g/mol. The van der Waals surface area contributed by atoms with Gasteiger partial charge in [0.05, 0.1) is 0 Å². The minimum Gasteiger partial charge on any atom is -0.480 e. The maximum Gasteiger partial charge on any atom is 0.326 e. The standard InChI is InChI=1S/C41H76N2O6/c1-4-7-10-13-16-19-22-25-28-31-37(44)42-36(41(48)49)34-35-40(47)43(38(45)32-29-26-23-20-17-14-11-8-5-2)39(46)33-30-27-24-21-18-15-12-9-6-3/h36H,4-35H2,1-3H3,(H,42,44)(H,48,49)/t36-/m0/s1. The van der Waals surface area contributed by atoms with E-state index in [4.69, 9.17) is 0 Å². The summed E-state index contributed by atoms with van der Waals surface area (Å²) in [5.74, 6) is -3.21. The lowest BCUT2D eigenvalue weighted by Crippen LogP contribution is -2.44. The van der Waals surface area contributed by atoms with Crippen molar-refractivity contribution in [3.05, 3.63) is 0 Å². The topological polar surface area (TPSA) is 121 Å². The van der Waals surface area contributed by atoms with Gasteiger partial charge in [0, 0.05) is 25.7 Å². The van der Waals surface area contributed by atoms with E-state index in [1.807, 2.05) is 0 Å². The molecule has 0 fully saturated rings. The third-order valence-corrected chi connectivity index (χ3v) is 9.52. The van der Waals surface area contributed by atoms with E-state index >= 15 is 0 Å². The summed E-state index contributed by atoms with van der Waals surface area (Å²) in [7, 11) is 0. The Morgan fingerprint density at radius 3 is 1.04 bits per heavy atom. The molecule has 286 valence electrons. The van der Waals surface area contributed by atoms with Crippen LogP contribution in [0.2, 0.25) is 0 Å². The van der Waals surface area contributed by atoms with Gasteiger partial charge in [0.25, 0.3) is 0 Å². The van der Waals surface area contributed by atoms with Gasteiger partial charge in [0.15, 0.2) is 0 Å². The zero-order valence-corrected chi connectivity index (χ0v) is 32.1. The summed E-state index contributed by atoms with van der Waals surface area (Å²) in [5.41, 5.74) is 0. The van der Waals surface area contributed by atoms with Crippen molar-refractivity contribution in [2.45, 2.75) is 232 Å². The molecular formula is C41H76N2O6. The molecule has 0 spiro atoms. The predicted octanol–water partition coefficient (Wildman–Crippen LogP) is 11.0. The second-order valence-electron chi connectivity index (χ2n) is 14.2. The molecule has 0 aromatic rings. The van der Waals surface area contributed by atoms with Crippen LogP contribution < -0.4 is 5.32 Å². The molecular weight excluding hydrogens is 616 g/mol. The van der Waals surface area contributed by atoms with E-state index in [2.05, 4.69) is 26.1 Å². The van der Waals surface area contributed by atoms with Gasteiger partial charge >= 0.3 is 5.97 Å². The smallest absolute Gasteiger partial charge is 0.326 e. The fraction of sp³-hybridized carbons (Fsp3) is 0.878. The number of rotatable bonds is 35. The van der Waals surface area contributed by atoms with Crippen LogP contribution in [0.25, 0.3) is 0 Å². The van der Waals surface area contributed by atoms with Crippen molar-refractivity contribution in [1.82, 2.24) is 10.2 Å². The van der Waals surface area contributed by atoms with Crippen LogP contribution in [0.15, 0.2) is 0 Å². The van der Waals surface area contributed by atoms with Gasteiger partial charge in [-0.25, -0.2) is 9.69 Å². The Morgan fingerprint density at radius 2 is 0.714 bits per heavy atom. The molecule has 0 aromatic heterocycles. The Balaban J connectivity index is 4.87. The summed E-state index contributed by atoms with van der Waals surface area (Å²) >= 11 is 0.